The van der Waals surface area contributed by atoms with Gasteiger partial charge in [-0.1, -0.05) is 18.2 Å². The van der Waals surface area contributed by atoms with Crippen molar-refractivity contribution in [3.8, 4) is 0 Å². The van der Waals surface area contributed by atoms with Crippen LogP contribution >= 0.6 is 11.8 Å². The maximum absolute atomic E-state index is 10.6. The van der Waals surface area contributed by atoms with Crippen molar-refractivity contribution in [3.05, 3.63) is 30.3 Å². The van der Waals surface area contributed by atoms with Gasteiger partial charge in [-0.2, -0.15) is 0 Å². The summed E-state index contributed by atoms with van der Waals surface area (Å²) in [4.78, 5) is 11.8. The highest BCUT2D eigenvalue weighted by Crippen LogP contribution is 2.17. The summed E-state index contributed by atoms with van der Waals surface area (Å²) in [5, 5.41) is 0. The second-order valence-corrected chi connectivity index (χ2v) is 4.13. The number of benzene rings is 1. The van der Waals surface area contributed by atoms with Gasteiger partial charge in [0.15, 0.2) is 0 Å². The highest BCUT2D eigenvalue weighted by atomic mass is 32.2. The van der Waals surface area contributed by atoms with Crippen molar-refractivity contribution >= 4 is 17.7 Å². The molecular weight excluding hydrogens is 196 g/mol. The molecule has 1 aromatic rings. The van der Waals surface area contributed by atoms with Crippen molar-refractivity contribution in [2.75, 3.05) is 5.75 Å². The van der Waals surface area contributed by atoms with E-state index in [1.54, 1.807) is 11.8 Å². The number of thioether (sulfide) groups is 1. The zero-order valence-electron chi connectivity index (χ0n) is 7.85. The number of carbonyl (C=O) groups excluding carboxylic acids is 1. The number of hydrogen-bond donors (Lipinski definition) is 2. The van der Waals surface area contributed by atoms with Gasteiger partial charge in [0.05, 0.1) is 6.04 Å². The van der Waals surface area contributed by atoms with Crippen LogP contribution in [0.2, 0.25) is 0 Å². The maximum Gasteiger partial charge on any atom is 0.234 e. The van der Waals surface area contributed by atoms with Crippen LogP contribution in [0.4, 0.5) is 0 Å². The first-order valence-corrected chi connectivity index (χ1v) is 5.41. The van der Waals surface area contributed by atoms with Crippen LogP contribution in [-0.2, 0) is 4.79 Å². The zero-order chi connectivity index (χ0) is 10.4. The Kier molecular flexibility index (Phi) is 4.49. The molecule has 1 aromatic carbocycles. The molecule has 14 heavy (non-hydrogen) atoms. The summed E-state index contributed by atoms with van der Waals surface area (Å²) in [6.07, 6.45) is 0.620. The second-order valence-electron chi connectivity index (χ2n) is 2.96. The van der Waals surface area contributed by atoms with E-state index in [0.717, 1.165) is 5.75 Å². The molecule has 1 unspecified atom stereocenters. The summed E-state index contributed by atoms with van der Waals surface area (Å²) in [7, 11) is 0. The molecule has 0 aromatic heterocycles. The lowest BCUT2D eigenvalue weighted by Crippen LogP contribution is -2.36. The standard InChI is InChI=1S/C10H14N2OS/c11-9(10(12)13)6-7-14-8-4-2-1-3-5-8/h1-5,9H,6-7,11H2,(H2,12,13). The van der Waals surface area contributed by atoms with Crippen molar-refractivity contribution in [2.45, 2.75) is 17.4 Å². The third kappa shape index (κ3) is 3.81. The summed E-state index contributed by atoms with van der Waals surface area (Å²) in [6.45, 7) is 0. The van der Waals surface area contributed by atoms with E-state index in [0.29, 0.717) is 6.42 Å². The number of carbonyl (C=O) groups is 1. The Morgan fingerprint density at radius 1 is 1.36 bits per heavy atom. The lowest BCUT2D eigenvalue weighted by molar-refractivity contribution is -0.119. The molecule has 0 saturated carbocycles. The third-order valence-corrected chi connectivity index (χ3v) is 2.85. The summed E-state index contributed by atoms with van der Waals surface area (Å²) < 4.78 is 0. The first kappa shape index (κ1) is 11.1. The molecule has 0 radical (unpaired) electrons. The molecule has 3 nitrogen and oxygen atoms in total. The third-order valence-electron chi connectivity index (χ3n) is 1.81. The van der Waals surface area contributed by atoms with Gasteiger partial charge < -0.3 is 11.5 Å². The van der Waals surface area contributed by atoms with E-state index >= 15 is 0 Å². The normalized spacial score (nSPS) is 12.4. The molecule has 4 N–H and O–H groups in total. The Hall–Kier alpha value is -1.00. The van der Waals surface area contributed by atoms with Crippen molar-refractivity contribution in [2.24, 2.45) is 11.5 Å². The largest absolute Gasteiger partial charge is 0.368 e. The fourth-order valence-electron chi connectivity index (χ4n) is 0.963. The van der Waals surface area contributed by atoms with E-state index in [1.807, 2.05) is 30.3 Å². The predicted molar refractivity (Wildman–Crippen MR) is 59.0 cm³/mol. The van der Waals surface area contributed by atoms with Crippen molar-refractivity contribution in [1.82, 2.24) is 0 Å². The molecule has 0 aliphatic heterocycles. The van der Waals surface area contributed by atoms with Gasteiger partial charge >= 0.3 is 0 Å². The summed E-state index contributed by atoms with van der Waals surface area (Å²) in [6, 6.07) is 9.47. The van der Waals surface area contributed by atoms with Crippen molar-refractivity contribution in [3.63, 3.8) is 0 Å². The Labute approximate surface area is 87.9 Å². The van der Waals surface area contributed by atoms with E-state index in [4.69, 9.17) is 11.5 Å². The lowest BCUT2D eigenvalue weighted by atomic mass is 10.2. The van der Waals surface area contributed by atoms with Crippen LogP contribution in [0.15, 0.2) is 35.2 Å². The number of amides is 1. The Bertz CT molecular complexity index is 289. The smallest absolute Gasteiger partial charge is 0.234 e. The minimum Gasteiger partial charge on any atom is -0.368 e. The van der Waals surface area contributed by atoms with Crippen LogP contribution < -0.4 is 11.5 Å². The maximum atomic E-state index is 10.6. The van der Waals surface area contributed by atoms with Gasteiger partial charge in [-0.15, -0.1) is 11.8 Å². The van der Waals surface area contributed by atoms with Gasteiger partial charge in [-0.3, -0.25) is 4.79 Å². The summed E-state index contributed by atoms with van der Waals surface area (Å²) in [5.41, 5.74) is 10.5. The predicted octanol–water partition coefficient (Wildman–Crippen LogP) is 0.981. The minimum absolute atomic E-state index is 0.432. The SMILES string of the molecule is NC(=O)C(N)CCSc1ccccc1. The van der Waals surface area contributed by atoms with Crippen LogP contribution in [0.25, 0.3) is 0 Å². The van der Waals surface area contributed by atoms with Gasteiger partial charge in [0.25, 0.3) is 0 Å². The Morgan fingerprint density at radius 2 is 2.00 bits per heavy atom. The van der Waals surface area contributed by atoms with Crippen molar-refractivity contribution in [1.29, 1.82) is 0 Å². The zero-order valence-corrected chi connectivity index (χ0v) is 8.67. The molecule has 76 valence electrons. The average Bonchev–Trinajstić information content (AvgIpc) is 2.19. The van der Waals surface area contributed by atoms with Gasteiger partial charge in [0.1, 0.15) is 0 Å². The fourth-order valence-corrected chi connectivity index (χ4v) is 1.92. The molecule has 0 aliphatic rings. The van der Waals surface area contributed by atoms with Gasteiger partial charge in [-0.25, -0.2) is 0 Å². The topological polar surface area (TPSA) is 69.1 Å². The van der Waals surface area contributed by atoms with Gasteiger partial charge in [0.2, 0.25) is 5.91 Å². The van der Waals surface area contributed by atoms with Crippen LogP contribution in [0.1, 0.15) is 6.42 Å². The molecular formula is C10H14N2OS. The first-order valence-electron chi connectivity index (χ1n) is 4.43. The Balaban J connectivity index is 2.26. The second kappa shape index (κ2) is 5.67. The summed E-state index contributed by atoms with van der Waals surface area (Å²) >= 11 is 1.68. The monoisotopic (exact) mass is 210 g/mol. The van der Waals surface area contributed by atoms with Crippen molar-refractivity contribution < 1.29 is 4.79 Å². The van der Waals surface area contributed by atoms with Crippen LogP contribution in [0.3, 0.4) is 0 Å². The molecule has 0 aliphatic carbocycles. The highest BCUT2D eigenvalue weighted by Gasteiger charge is 2.07. The van der Waals surface area contributed by atoms with Crippen LogP contribution in [-0.4, -0.2) is 17.7 Å². The molecule has 0 bridgehead atoms. The minimum atomic E-state index is -0.522. The van der Waals surface area contributed by atoms with E-state index < -0.39 is 11.9 Å². The molecule has 0 fully saturated rings. The van der Waals surface area contributed by atoms with E-state index in [-0.39, 0.29) is 0 Å². The fraction of sp³-hybridized carbons (Fsp3) is 0.300. The Morgan fingerprint density at radius 3 is 2.57 bits per heavy atom. The molecule has 0 spiro atoms. The van der Waals surface area contributed by atoms with E-state index in [2.05, 4.69) is 0 Å². The highest BCUT2D eigenvalue weighted by molar-refractivity contribution is 7.99. The molecule has 1 amide bonds. The number of hydrogen-bond acceptors (Lipinski definition) is 3. The van der Waals surface area contributed by atoms with E-state index in [9.17, 15) is 4.79 Å². The van der Waals surface area contributed by atoms with Gasteiger partial charge in [0, 0.05) is 4.90 Å². The molecule has 1 rings (SSSR count). The van der Waals surface area contributed by atoms with E-state index in [1.165, 1.54) is 4.90 Å². The van der Waals surface area contributed by atoms with Gasteiger partial charge in [-0.05, 0) is 24.3 Å². The quantitative estimate of drug-likeness (QED) is 0.712. The summed E-state index contributed by atoms with van der Waals surface area (Å²) in [5.74, 6) is 0.382. The molecule has 0 saturated heterocycles. The lowest BCUT2D eigenvalue weighted by Gasteiger charge is -2.06. The average molecular weight is 210 g/mol. The first-order chi connectivity index (χ1) is 6.70. The number of rotatable bonds is 5. The van der Waals surface area contributed by atoms with Crippen LogP contribution in [0, 0.1) is 0 Å². The number of primary amides is 1. The molecule has 1 atom stereocenters. The molecule has 0 heterocycles. The molecule has 4 heteroatoms. The van der Waals surface area contributed by atoms with Crippen LogP contribution in [0.5, 0.6) is 0 Å². The number of nitrogens with two attached hydrogens (primary N) is 2.